The van der Waals surface area contributed by atoms with Crippen LogP contribution < -0.4 is 31.9 Å². The fraction of sp³-hybridized carbons (Fsp3) is 0.576. The number of pyridine rings is 2. The van der Waals surface area contributed by atoms with Crippen LogP contribution in [0.25, 0.3) is 22.3 Å². The van der Waals surface area contributed by atoms with Crippen LogP contribution in [-0.4, -0.2) is 159 Å². The van der Waals surface area contributed by atoms with E-state index in [0.29, 0.717) is 87.8 Å². The first-order valence-corrected chi connectivity index (χ1v) is 31.6. The van der Waals surface area contributed by atoms with E-state index in [1.807, 2.05) is 21.9 Å². The number of likely N-dealkylation sites (tertiary alicyclic amines) is 2. The number of carbonyl (C=O) groups excluding carboxylic acids is 6. The molecule has 6 N–H and O–H groups in total. The Morgan fingerprint density at radius 1 is 0.506 bits per heavy atom. The molecular weight excluding hydrogens is 1110 g/mol. The van der Waals surface area contributed by atoms with E-state index in [9.17, 15) is 28.8 Å². The largest absolute Gasteiger partial charge is 0.379 e. The minimum atomic E-state index is -0.653. The lowest BCUT2D eigenvalue weighted by atomic mass is 9.83. The van der Waals surface area contributed by atoms with Crippen LogP contribution in [0.2, 0.25) is 0 Å². The van der Waals surface area contributed by atoms with Crippen molar-refractivity contribution in [3.05, 3.63) is 107 Å². The van der Waals surface area contributed by atoms with E-state index in [2.05, 4.69) is 41.9 Å². The van der Waals surface area contributed by atoms with Crippen LogP contribution in [0.5, 0.6) is 0 Å². The van der Waals surface area contributed by atoms with Gasteiger partial charge in [-0.15, -0.1) is 0 Å². The van der Waals surface area contributed by atoms with Crippen LogP contribution in [0, 0.1) is 23.5 Å². The third kappa shape index (κ3) is 18.2. The maximum absolute atomic E-state index is 15.1. The molecule has 4 aromatic rings. The van der Waals surface area contributed by atoms with Crippen molar-refractivity contribution in [1.82, 2.24) is 51.7 Å². The smallest absolute Gasteiger partial charge is 0.254 e. The predicted molar refractivity (Wildman–Crippen MR) is 327 cm³/mol. The number of nitrogens with zero attached hydrogens (tertiary/aromatic N) is 4. The van der Waals surface area contributed by atoms with Crippen LogP contribution >= 0.6 is 0 Å². The summed E-state index contributed by atoms with van der Waals surface area (Å²) in [4.78, 5) is 94.0. The zero-order valence-electron chi connectivity index (χ0n) is 51.2. The molecule has 4 fully saturated rings. The lowest BCUT2D eigenvalue weighted by molar-refractivity contribution is -0.139. The van der Waals surface area contributed by atoms with Gasteiger partial charge in [-0.05, 0) is 163 Å². The van der Waals surface area contributed by atoms with Crippen molar-refractivity contribution in [2.24, 2.45) is 11.8 Å². The van der Waals surface area contributed by atoms with Gasteiger partial charge in [0.05, 0.1) is 61.7 Å². The minimum Gasteiger partial charge on any atom is -0.379 e. The molecule has 6 atom stereocenters. The summed E-state index contributed by atoms with van der Waals surface area (Å²) >= 11 is 0. The minimum absolute atomic E-state index is 0.0701. The molecule has 2 saturated heterocycles. The van der Waals surface area contributed by atoms with Crippen LogP contribution in [0.1, 0.15) is 161 Å². The van der Waals surface area contributed by atoms with Gasteiger partial charge in [-0.3, -0.25) is 38.7 Å². The van der Waals surface area contributed by atoms with Crippen molar-refractivity contribution in [3.8, 4) is 22.3 Å². The molecule has 8 rings (SSSR count). The summed E-state index contributed by atoms with van der Waals surface area (Å²) in [6.07, 6.45) is 20.8. The number of carbonyl (C=O) groups is 6. The summed E-state index contributed by atoms with van der Waals surface area (Å²) in [7, 11) is 3.45. The summed E-state index contributed by atoms with van der Waals surface area (Å²) in [5.74, 6) is -2.81. The predicted octanol–water partition coefficient (Wildman–Crippen LogP) is 7.75. The topological polar surface area (TPSA) is 235 Å². The van der Waals surface area contributed by atoms with Crippen LogP contribution in [0.15, 0.2) is 73.3 Å². The van der Waals surface area contributed by atoms with Gasteiger partial charge in [-0.2, -0.15) is 0 Å². The number of aromatic nitrogens is 2. The second-order valence-corrected chi connectivity index (χ2v) is 23.6. The molecule has 4 aliphatic rings. The summed E-state index contributed by atoms with van der Waals surface area (Å²) < 4.78 is 47.2. The van der Waals surface area contributed by atoms with Crippen LogP contribution in [0.3, 0.4) is 0 Å². The molecule has 21 heteroatoms. The van der Waals surface area contributed by atoms with Crippen molar-refractivity contribution >= 4 is 35.4 Å². The summed E-state index contributed by atoms with van der Waals surface area (Å²) in [6.45, 7) is 7.21. The second-order valence-electron chi connectivity index (χ2n) is 23.6. The van der Waals surface area contributed by atoms with Gasteiger partial charge in [0.1, 0.15) is 23.7 Å². The van der Waals surface area contributed by atoms with Gasteiger partial charge < -0.3 is 55.9 Å². The molecule has 472 valence electrons. The molecule has 2 aliphatic carbocycles. The standard InChI is InChI=1S/C66H90F2N10O9/c1-43(69-3)61(79)75-59(45-15-7-5-8-16-45)65(83)77-27-11-19-57(77)51-35-49(39-71-41-51)47-21-23-55(67)53(37-47)63(81)73-25-13-29-85-31-33-87-34-32-86-30-14-26-74-64(82)54-38-48(22-24-56(54)68)50-36-52(42-72-40-50)58-20-12-28-78(58)66(84)60(46-17-9-6-10-18-46)76-62(80)44(2)70-4/h21-24,35-46,57-60,69-70H,5-20,25-34H2,1-4H3,(H,73,81)(H,74,82)(H,75,79)(H,76,80)/t43-,44-,57-,58-,59-,60-/m0/s1. The average molecular weight is 1210 g/mol. The van der Waals surface area contributed by atoms with Crippen molar-refractivity contribution in [1.29, 1.82) is 0 Å². The summed E-state index contributed by atoms with van der Waals surface area (Å²) in [5.41, 5.74) is 4.08. The number of halogens is 2. The first-order chi connectivity index (χ1) is 42.3. The van der Waals surface area contributed by atoms with E-state index in [-0.39, 0.29) is 71.8 Å². The molecule has 19 nitrogen and oxygen atoms in total. The van der Waals surface area contributed by atoms with E-state index in [1.165, 1.54) is 24.3 Å². The van der Waals surface area contributed by atoms with Crippen LogP contribution in [-0.2, 0) is 33.4 Å². The second kappa shape index (κ2) is 33.5. The number of hydrogen-bond donors (Lipinski definition) is 6. The lowest BCUT2D eigenvalue weighted by Crippen LogP contribution is -2.55. The Bertz CT molecular complexity index is 2750. The molecule has 0 unspecified atom stereocenters. The van der Waals surface area contributed by atoms with Crippen molar-refractivity contribution in [3.63, 3.8) is 0 Å². The number of nitrogens with one attached hydrogen (secondary N) is 6. The molecule has 2 aromatic carbocycles. The molecule has 0 bridgehead atoms. The molecule has 2 saturated carbocycles. The third-order valence-electron chi connectivity index (χ3n) is 17.7. The van der Waals surface area contributed by atoms with E-state index in [0.717, 1.165) is 101 Å². The van der Waals surface area contributed by atoms with E-state index >= 15 is 8.78 Å². The van der Waals surface area contributed by atoms with E-state index in [1.54, 1.807) is 64.9 Å². The first kappa shape index (κ1) is 66.2. The van der Waals surface area contributed by atoms with Gasteiger partial charge in [-0.25, -0.2) is 8.78 Å². The van der Waals surface area contributed by atoms with Crippen molar-refractivity contribution in [2.75, 3.05) is 79.9 Å². The third-order valence-corrected chi connectivity index (χ3v) is 17.7. The Balaban J connectivity index is 0.704. The maximum atomic E-state index is 15.1. The average Bonchev–Trinajstić information content (AvgIpc) is 2.66. The van der Waals surface area contributed by atoms with Gasteiger partial charge in [-0.1, -0.05) is 50.7 Å². The molecule has 87 heavy (non-hydrogen) atoms. The molecule has 0 spiro atoms. The zero-order valence-corrected chi connectivity index (χ0v) is 51.2. The summed E-state index contributed by atoms with van der Waals surface area (Å²) in [5, 5.41) is 17.7. The fourth-order valence-corrected chi connectivity index (χ4v) is 12.5. The number of ether oxygens (including phenoxy) is 3. The van der Waals surface area contributed by atoms with Crippen LogP contribution in [0.4, 0.5) is 8.78 Å². The first-order valence-electron chi connectivity index (χ1n) is 31.6. The van der Waals surface area contributed by atoms with Gasteiger partial charge in [0.15, 0.2) is 0 Å². The highest BCUT2D eigenvalue weighted by molar-refractivity contribution is 5.97. The molecule has 6 amide bonds. The van der Waals surface area contributed by atoms with Gasteiger partial charge in [0, 0.05) is 75.3 Å². The van der Waals surface area contributed by atoms with Crippen molar-refractivity contribution < 1.29 is 51.8 Å². The number of benzene rings is 2. The molecule has 0 radical (unpaired) electrons. The monoisotopic (exact) mass is 1200 g/mol. The summed E-state index contributed by atoms with van der Waals surface area (Å²) in [6, 6.07) is 10.1. The van der Waals surface area contributed by atoms with E-state index < -0.39 is 47.6 Å². The molecule has 4 heterocycles. The number of hydrogen-bond acceptors (Lipinski definition) is 13. The quantitative estimate of drug-likeness (QED) is 0.0275. The highest BCUT2D eigenvalue weighted by Gasteiger charge is 2.41. The highest BCUT2D eigenvalue weighted by Crippen LogP contribution is 2.39. The van der Waals surface area contributed by atoms with Gasteiger partial charge in [0.2, 0.25) is 23.6 Å². The highest BCUT2D eigenvalue weighted by atomic mass is 19.1. The Morgan fingerprint density at radius 3 is 1.29 bits per heavy atom. The van der Waals surface area contributed by atoms with E-state index in [4.69, 9.17) is 14.2 Å². The van der Waals surface area contributed by atoms with Crippen molar-refractivity contribution in [2.45, 2.75) is 153 Å². The number of amides is 6. The number of likely N-dealkylation sites (N-methyl/N-ethyl adjacent to an activating group) is 2. The fourth-order valence-electron chi connectivity index (χ4n) is 12.5. The molecule has 2 aromatic heterocycles. The van der Waals surface area contributed by atoms with Gasteiger partial charge in [0.25, 0.3) is 11.8 Å². The zero-order chi connectivity index (χ0) is 61.7. The Kier molecular flexibility index (Phi) is 25.5. The Morgan fingerprint density at radius 2 is 0.897 bits per heavy atom. The number of rotatable bonds is 30. The molecule has 2 aliphatic heterocycles. The SMILES string of the molecule is CN[C@@H](C)C(=O)N[C@H](C(=O)N1CCC[C@H]1c1cncc(-c2ccc(F)c(C(=O)NCCCOCCOCCOCCCNC(=O)c3cc(-c4cncc([C@@H]5CCCN5C(=O)[C@@H](NC(=O)[C@H](C)NC)C5CCCCC5)c4)ccc3F)c2)c1)C1CCCCC1. The normalized spacial score (nSPS) is 18.8. The lowest BCUT2D eigenvalue weighted by Gasteiger charge is -2.35. The maximum Gasteiger partial charge on any atom is 0.254 e. The van der Waals surface area contributed by atoms with Gasteiger partial charge >= 0.3 is 0 Å². The Hall–Kier alpha value is -6.78. The Labute approximate surface area is 511 Å². The molecular formula is C66H90F2N10O9.